The van der Waals surface area contributed by atoms with Gasteiger partial charge in [0, 0.05) is 18.8 Å². The summed E-state index contributed by atoms with van der Waals surface area (Å²) in [6.07, 6.45) is 0.349. The van der Waals surface area contributed by atoms with E-state index >= 15 is 0 Å². The van der Waals surface area contributed by atoms with Crippen molar-refractivity contribution in [1.82, 2.24) is 4.98 Å². The summed E-state index contributed by atoms with van der Waals surface area (Å²) in [6, 6.07) is 4.11. The van der Waals surface area contributed by atoms with Crippen LogP contribution in [0, 0.1) is 25.2 Å². The molecule has 90 valence electrons. The second-order valence-corrected chi connectivity index (χ2v) is 4.55. The van der Waals surface area contributed by atoms with Crippen molar-refractivity contribution in [1.29, 1.82) is 5.26 Å². The Kier molecular flexibility index (Phi) is 3.28. The molecule has 0 spiro atoms. The van der Waals surface area contributed by atoms with Gasteiger partial charge in [0.2, 0.25) is 0 Å². The van der Waals surface area contributed by atoms with Gasteiger partial charge in [-0.2, -0.15) is 5.26 Å². The van der Waals surface area contributed by atoms with Crippen molar-refractivity contribution in [2.45, 2.75) is 32.9 Å². The van der Waals surface area contributed by atoms with Crippen molar-refractivity contribution in [3.05, 3.63) is 22.9 Å². The van der Waals surface area contributed by atoms with Gasteiger partial charge in [-0.1, -0.05) is 0 Å². The summed E-state index contributed by atoms with van der Waals surface area (Å²) in [4.78, 5) is 6.46. The number of anilines is 1. The number of hydrogen-bond acceptors (Lipinski definition) is 3. The van der Waals surface area contributed by atoms with E-state index in [1.807, 2.05) is 24.8 Å². The Bertz CT molecular complexity index is 456. The summed E-state index contributed by atoms with van der Waals surface area (Å²) in [7, 11) is 0. The molecule has 1 saturated heterocycles. The minimum Gasteiger partial charge on any atom is -0.355 e. The normalized spacial score (nSPS) is 16.9. The average Bonchev–Trinajstić information content (AvgIpc) is 2.29. The molecule has 0 amide bonds. The summed E-state index contributed by atoms with van der Waals surface area (Å²) < 4.78 is 13.1. The number of hydrogen-bond donors (Lipinski definition) is 0. The fraction of sp³-hybridized carbons (Fsp3) is 0.538. The quantitative estimate of drug-likeness (QED) is 0.748. The lowest BCUT2D eigenvalue weighted by Gasteiger charge is -2.30. The third-order valence-electron chi connectivity index (χ3n) is 3.16. The van der Waals surface area contributed by atoms with E-state index < -0.39 is 6.17 Å². The number of aromatic nitrogens is 1. The summed E-state index contributed by atoms with van der Waals surface area (Å²) in [6.45, 7) is 5.12. The highest BCUT2D eigenvalue weighted by molar-refractivity contribution is 5.58. The van der Waals surface area contributed by atoms with Gasteiger partial charge in [-0.25, -0.2) is 9.37 Å². The molecule has 3 nitrogen and oxygen atoms in total. The number of aryl methyl sites for hydroxylation is 2. The van der Waals surface area contributed by atoms with Crippen molar-refractivity contribution < 1.29 is 4.39 Å². The van der Waals surface area contributed by atoms with Crippen LogP contribution in [0.4, 0.5) is 10.2 Å². The second-order valence-electron chi connectivity index (χ2n) is 4.55. The van der Waals surface area contributed by atoms with Crippen molar-refractivity contribution in [3.8, 4) is 6.07 Å². The van der Waals surface area contributed by atoms with Crippen LogP contribution >= 0.6 is 0 Å². The fourth-order valence-electron chi connectivity index (χ4n) is 2.24. The molecule has 0 atom stereocenters. The van der Waals surface area contributed by atoms with Gasteiger partial charge < -0.3 is 4.90 Å². The molecule has 0 aliphatic carbocycles. The molecule has 0 unspecified atom stereocenters. The van der Waals surface area contributed by atoms with Crippen molar-refractivity contribution >= 4 is 5.82 Å². The van der Waals surface area contributed by atoms with Gasteiger partial charge in [-0.05, 0) is 38.3 Å². The van der Waals surface area contributed by atoms with Gasteiger partial charge in [0.05, 0.1) is 5.56 Å². The number of nitrogens with zero attached hydrogens (tertiary/aromatic N) is 3. The lowest BCUT2D eigenvalue weighted by atomic mass is 10.1. The Hall–Kier alpha value is -1.63. The number of piperidine rings is 1. The highest BCUT2D eigenvalue weighted by Gasteiger charge is 2.22. The number of rotatable bonds is 1. The van der Waals surface area contributed by atoms with Gasteiger partial charge in [0.1, 0.15) is 18.1 Å². The number of alkyl halides is 1. The highest BCUT2D eigenvalue weighted by Crippen LogP contribution is 2.25. The monoisotopic (exact) mass is 233 g/mol. The summed E-state index contributed by atoms with van der Waals surface area (Å²) in [5.74, 6) is 0.719. The molecule has 0 radical (unpaired) electrons. The van der Waals surface area contributed by atoms with Gasteiger partial charge in [-0.3, -0.25) is 0 Å². The van der Waals surface area contributed by atoms with Crippen molar-refractivity contribution in [3.63, 3.8) is 0 Å². The Morgan fingerprint density at radius 1 is 1.41 bits per heavy atom. The van der Waals surface area contributed by atoms with Gasteiger partial charge in [0.25, 0.3) is 0 Å². The molecule has 1 fully saturated rings. The van der Waals surface area contributed by atoms with Crippen LogP contribution in [-0.2, 0) is 0 Å². The van der Waals surface area contributed by atoms with Crippen LogP contribution in [0.2, 0.25) is 0 Å². The molecule has 1 aromatic rings. The van der Waals surface area contributed by atoms with Crippen LogP contribution < -0.4 is 4.90 Å². The SMILES string of the molecule is Cc1cc(C)c(C#N)c(N2CCC(F)CC2)n1. The second kappa shape index (κ2) is 4.70. The Morgan fingerprint density at radius 3 is 2.65 bits per heavy atom. The smallest absolute Gasteiger partial charge is 0.147 e. The first-order chi connectivity index (χ1) is 8.11. The molecule has 1 aliphatic rings. The van der Waals surface area contributed by atoms with Crippen LogP contribution in [0.5, 0.6) is 0 Å². The van der Waals surface area contributed by atoms with Gasteiger partial charge in [0.15, 0.2) is 0 Å². The zero-order valence-corrected chi connectivity index (χ0v) is 10.2. The summed E-state index contributed by atoms with van der Waals surface area (Å²) in [5, 5.41) is 9.18. The van der Waals surface area contributed by atoms with E-state index in [0.717, 1.165) is 17.1 Å². The molecule has 4 heteroatoms. The Balaban J connectivity index is 2.35. The first-order valence-corrected chi connectivity index (χ1v) is 5.89. The van der Waals surface area contributed by atoms with E-state index in [2.05, 4.69) is 11.1 Å². The third kappa shape index (κ3) is 2.38. The molecular formula is C13H16FN3. The lowest BCUT2D eigenvalue weighted by molar-refractivity contribution is 0.276. The molecule has 17 heavy (non-hydrogen) atoms. The standard InChI is InChI=1S/C13H16FN3/c1-9-7-10(2)16-13(12(9)8-15)17-5-3-11(14)4-6-17/h7,11H,3-6H2,1-2H3. The summed E-state index contributed by atoms with van der Waals surface area (Å²) >= 11 is 0. The molecule has 0 saturated carbocycles. The van der Waals surface area contributed by atoms with E-state index in [1.54, 1.807) is 0 Å². The van der Waals surface area contributed by atoms with Crippen molar-refractivity contribution in [2.75, 3.05) is 18.0 Å². The van der Waals surface area contributed by atoms with Crippen LogP contribution in [-0.4, -0.2) is 24.2 Å². The average molecular weight is 233 g/mol. The maximum absolute atomic E-state index is 13.1. The van der Waals surface area contributed by atoms with E-state index in [4.69, 9.17) is 0 Å². The third-order valence-corrected chi connectivity index (χ3v) is 3.16. The lowest BCUT2D eigenvalue weighted by Crippen LogP contribution is -2.35. The highest BCUT2D eigenvalue weighted by atomic mass is 19.1. The fourth-order valence-corrected chi connectivity index (χ4v) is 2.24. The topological polar surface area (TPSA) is 39.9 Å². The molecule has 2 heterocycles. The maximum Gasteiger partial charge on any atom is 0.147 e. The predicted octanol–water partition coefficient (Wildman–Crippen LogP) is 2.51. The van der Waals surface area contributed by atoms with Crippen LogP contribution in [0.25, 0.3) is 0 Å². The molecule has 1 aliphatic heterocycles. The van der Waals surface area contributed by atoms with E-state index in [9.17, 15) is 9.65 Å². The minimum atomic E-state index is -0.706. The van der Waals surface area contributed by atoms with Crippen molar-refractivity contribution in [2.24, 2.45) is 0 Å². The van der Waals surface area contributed by atoms with Crippen LogP contribution in [0.3, 0.4) is 0 Å². The van der Waals surface area contributed by atoms with Crippen LogP contribution in [0.1, 0.15) is 29.7 Å². The Labute approximate surface area is 101 Å². The van der Waals surface area contributed by atoms with E-state index in [1.165, 1.54) is 0 Å². The maximum atomic E-state index is 13.1. The molecule has 0 bridgehead atoms. The zero-order chi connectivity index (χ0) is 12.4. The zero-order valence-electron chi connectivity index (χ0n) is 10.2. The molecule has 1 aromatic heterocycles. The van der Waals surface area contributed by atoms with E-state index in [-0.39, 0.29) is 0 Å². The minimum absolute atomic E-state index is 0.527. The number of nitriles is 1. The molecule has 2 rings (SSSR count). The predicted molar refractivity (Wildman–Crippen MR) is 64.8 cm³/mol. The molecule has 0 N–H and O–H groups in total. The first-order valence-electron chi connectivity index (χ1n) is 5.89. The number of halogens is 1. The van der Waals surface area contributed by atoms with E-state index in [0.29, 0.717) is 31.5 Å². The van der Waals surface area contributed by atoms with Crippen LogP contribution in [0.15, 0.2) is 6.07 Å². The largest absolute Gasteiger partial charge is 0.355 e. The van der Waals surface area contributed by atoms with Gasteiger partial charge >= 0.3 is 0 Å². The molecule has 0 aromatic carbocycles. The summed E-state index contributed by atoms with van der Waals surface area (Å²) in [5.41, 5.74) is 2.46. The van der Waals surface area contributed by atoms with Gasteiger partial charge in [-0.15, -0.1) is 0 Å². The number of pyridine rings is 1. The first kappa shape index (κ1) is 11.8. The Morgan fingerprint density at radius 2 is 2.06 bits per heavy atom. The molecular weight excluding hydrogens is 217 g/mol.